The molecule has 0 saturated heterocycles. The molecule has 0 atom stereocenters. The number of rotatable bonds is 13. The van der Waals surface area contributed by atoms with Gasteiger partial charge in [0.2, 0.25) is 5.82 Å². The van der Waals surface area contributed by atoms with Gasteiger partial charge in [-0.05, 0) is 18.9 Å². The van der Waals surface area contributed by atoms with E-state index in [0.29, 0.717) is 34.6 Å². The van der Waals surface area contributed by atoms with Crippen LogP contribution in [0, 0.1) is 6.92 Å². The van der Waals surface area contributed by atoms with Crippen molar-refractivity contribution in [1.29, 1.82) is 0 Å². The van der Waals surface area contributed by atoms with E-state index in [9.17, 15) is 14.4 Å². The number of benzene rings is 3. The summed E-state index contributed by atoms with van der Waals surface area (Å²) in [5.74, 6) is 0.168. The van der Waals surface area contributed by atoms with Crippen LogP contribution in [0.1, 0.15) is 65.6 Å². The van der Waals surface area contributed by atoms with Gasteiger partial charge >= 0.3 is 132 Å². The number of aryl methyl sites for hydroxylation is 1. The van der Waals surface area contributed by atoms with E-state index < -0.39 is 0 Å². The molecule has 1 radical (unpaired) electrons. The fraction of sp³-hybridized carbons (Fsp3) is 0.344. The van der Waals surface area contributed by atoms with Gasteiger partial charge in [0.1, 0.15) is 0 Å². The normalized spacial score (nSPS) is 12.6. The number of aromatic nitrogens is 4. The summed E-state index contributed by atoms with van der Waals surface area (Å²) in [5.41, 5.74) is 4.37. The molecule has 43 heavy (non-hydrogen) atoms. The van der Waals surface area contributed by atoms with Crippen LogP contribution >= 0.6 is 0 Å². The molecule has 0 bridgehead atoms. The predicted molar refractivity (Wildman–Crippen MR) is 167 cm³/mol. The summed E-state index contributed by atoms with van der Waals surface area (Å²) in [7, 11) is 0. The van der Waals surface area contributed by atoms with Gasteiger partial charge in [0.15, 0.2) is 5.82 Å². The van der Waals surface area contributed by atoms with E-state index in [1.54, 1.807) is 13.0 Å². The van der Waals surface area contributed by atoms with Crippen LogP contribution < -0.4 is 10.6 Å². The molecule has 2 N–H and O–H groups in total. The summed E-state index contributed by atoms with van der Waals surface area (Å²) in [4.78, 5) is 40.9. The van der Waals surface area contributed by atoms with Gasteiger partial charge in [-0.3, -0.25) is 0 Å². The number of carbonyl (C=O) groups is 3. The number of amides is 3. The predicted octanol–water partition coefficient (Wildman–Crippen LogP) is 4.74. The van der Waals surface area contributed by atoms with Gasteiger partial charge in [0.05, 0.1) is 0 Å². The van der Waals surface area contributed by atoms with E-state index in [2.05, 4.69) is 38.0 Å². The van der Waals surface area contributed by atoms with Crippen molar-refractivity contribution in [3.8, 4) is 22.5 Å². The number of hydrogen-bond acceptors (Lipinski definition) is 8. The third-order valence-corrected chi connectivity index (χ3v) is 8.56. The number of hydrogen-bond donors (Lipinski definition) is 2. The van der Waals surface area contributed by atoms with Crippen LogP contribution in [-0.4, -0.2) is 87.7 Å². The summed E-state index contributed by atoms with van der Waals surface area (Å²) in [5, 5.41) is 24.2. The first-order valence-electron chi connectivity index (χ1n) is 14.6. The number of nitrogens with one attached hydrogen (secondary N) is 2. The van der Waals surface area contributed by atoms with Crippen LogP contribution in [0.2, 0.25) is 4.08 Å². The molecule has 0 spiro atoms. The Balaban J connectivity index is 1.50. The van der Waals surface area contributed by atoms with Crippen LogP contribution in [0.25, 0.3) is 33.3 Å². The molecule has 5 rings (SSSR count). The molecule has 1 aliphatic heterocycles. The van der Waals surface area contributed by atoms with Gasteiger partial charge in [0.25, 0.3) is 0 Å². The molecule has 0 unspecified atom stereocenters. The maximum atomic E-state index is 13.9. The molecule has 0 fully saturated rings. The minimum absolute atomic E-state index is 0.0565. The first-order valence-corrected chi connectivity index (χ1v) is 16.9. The molecule has 221 valence electrons. The van der Waals surface area contributed by atoms with Crippen molar-refractivity contribution in [1.82, 2.24) is 30.6 Å². The minimum atomic E-state index is -0.361. The molecule has 3 amide bonds. The second-order valence-corrected chi connectivity index (χ2v) is 12.1. The Labute approximate surface area is 266 Å². The summed E-state index contributed by atoms with van der Waals surface area (Å²) in [6, 6.07) is 15.2. The SMILES string of the molecule is CCCCNc1c(-c2ccc(-c3nnc(C)nn3)cc2)cc2c3c(cccc13)C(=O)N(CCNC(=O)CCC[CH2][Po])C2=O. The standard InChI is InChI=1S/C32H34N7O3.Po/c1-4-6-11-27(40)33-17-18-39-31(41)24-10-8-9-23-28(24)26(32(39)42)19-25(29(23)34-16-7-5-2)21-12-14-22(15-13-21)30-37-35-20(3)36-38-30;/h8-10,12-15,19,34H,1,4-7,11,16-18H2,2-3H3,(H,33,40);. The van der Waals surface area contributed by atoms with Gasteiger partial charge < -0.3 is 5.32 Å². The topological polar surface area (TPSA) is 130 Å². The van der Waals surface area contributed by atoms with E-state index >= 15 is 0 Å². The first kappa shape index (κ1) is 30.6. The summed E-state index contributed by atoms with van der Waals surface area (Å²) in [6.07, 6.45) is 4.33. The number of unbranched alkanes of at least 4 members (excludes halogenated alkanes) is 2. The van der Waals surface area contributed by atoms with Crippen molar-refractivity contribution in [3.63, 3.8) is 0 Å². The van der Waals surface area contributed by atoms with Crippen LogP contribution in [0.4, 0.5) is 5.69 Å². The van der Waals surface area contributed by atoms with Gasteiger partial charge in [-0.1, -0.05) is 49.7 Å². The van der Waals surface area contributed by atoms with Gasteiger partial charge in [-0.2, -0.15) is 0 Å². The molecule has 0 saturated carbocycles. The maximum absolute atomic E-state index is 13.9. The monoisotopic (exact) mass is 773 g/mol. The zero-order chi connectivity index (χ0) is 30.3. The van der Waals surface area contributed by atoms with Crippen molar-refractivity contribution in [2.45, 2.75) is 50.0 Å². The average Bonchev–Trinajstić information content (AvgIpc) is 3.02. The fourth-order valence-electron chi connectivity index (χ4n) is 5.20. The van der Waals surface area contributed by atoms with Crippen molar-refractivity contribution in [2.75, 3.05) is 25.0 Å². The van der Waals surface area contributed by atoms with E-state index in [4.69, 9.17) is 0 Å². The molecular formula is C32H34N7O3Po. The molecule has 1 aromatic heterocycles. The summed E-state index contributed by atoms with van der Waals surface area (Å²) >= 11 is 1.52. The van der Waals surface area contributed by atoms with Crippen molar-refractivity contribution < 1.29 is 14.4 Å². The number of nitrogens with zero attached hydrogens (tertiary/aromatic N) is 5. The zero-order valence-corrected chi connectivity index (χ0v) is 27.5. The fourth-order valence-corrected chi connectivity index (χ4v) is 6.00. The van der Waals surface area contributed by atoms with Gasteiger partial charge in [-0.25, -0.2) is 0 Å². The van der Waals surface area contributed by atoms with Crippen molar-refractivity contribution in [2.24, 2.45) is 0 Å². The van der Waals surface area contributed by atoms with E-state index in [-0.39, 0.29) is 30.8 Å². The zero-order valence-electron chi connectivity index (χ0n) is 24.4. The van der Waals surface area contributed by atoms with Crippen LogP contribution in [-0.2, 0) is 4.79 Å². The number of imide groups is 1. The van der Waals surface area contributed by atoms with E-state index in [1.807, 2.05) is 42.5 Å². The molecule has 1 aliphatic rings. The molecule has 2 heterocycles. The third kappa shape index (κ3) is 6.72. The molecule has 11 heteroatoms. The molecule has 4 aromatic rings. The number of carbonyl (C=O) groups excluding carboxylic acids is 3. The summed E-state index contributed by atoms with van der Waals surface area (Å²) in [6.45, 7) is 4.95. The quantitative estimate of drug-likeness (QED) is 0.147. The Kier molecular flexibility index (Phi) is 10.0. The van der Waals surface area contributed by atoms with E-state index in [1.165, 1.54) is 30.0 Å². The second-order valence-electron chi connectivity index (χ2n) is 10.5. The summed E-state index contributed by atoms with van der Waals surface area (Å²) < 4.78 is 1.12. The van der Waals surface area contributed by atoms with Gasteiger partial charge in [-0.15, -0.1) is 20.4 Å². The Hall–Kier alpha value is -3.83. The van der Waals surface area contributed by atoms with Crippen LogP contribution in [0.5, 0.6) is 0 Å². The Morgan fingerprint density at radius 1 is 0.860 bits per heavy atom. The second kappa shape index (κ2) is 14.1. The third-order valence-electron chi connectivity index (χ3n) is 7.43. The molecule has 10 nitrogen and oxygen atoms in total. The Bertz CT molecular complexity index is 1640. The van der Waals surface area contributed by atoms with E-state index in [0.717, 1.165) is 64.1 Å². The van der Waals surface area contributed by atoms with Gasteiger partial charge in [0, 0.05) is 28.7 Å². The van der Waals surface area contributed by atoms with Crippen molar-refractivity contribution >= 4 is 59.2 Å². The Morgan fingerprint density at radius 2 is 1.58 bits per heavy atom. The molecular weight excluding hydrogens is 739 g/mol. The first-order chi connectivity index (χ1) is 20.9. The molecule has 3 aromatic carbocycles. The van der Waals surface area contributed by atoms with Crippen molar-refractivity contribution in [3.05, 3.63) is 65.5 Å². The van der Waals surface area contributed by atoms with Crippen LogP contribution in [0.15, 0.2) is 48.5 Å². The average molecular weight is 774 g/mol. The Morgan fingerprint density at radius 3 is 2.30 bits per heavy atom. The molecule has 0 aliphatic carbocycles. The number of anilines is 1. The van der Waals surface area contributed by atoms with Crippen LogP contribution in [0.3, 0.4) is 0 Å².